The van der Waals surface area contributed by atoms with Crippen molar-refractivity contribution in [3.05, 3.63) is 69.6 Å². The van der Waals surface area contributed by atoms with Crippen molar-refractivity contribution in [3.8, 4) is 0 Å². The van der Waals surface area contributed by atoms with Gasteiger partial charge in [0.1, 0.15) is 8.07 Å². The van der Waals surface area contributed by atoms with Gasteiger partial charge in [-0.3, -0.25) is 0 Å². The molecule has 0 spiro atoms. The molecule has 2 aromatic carbocycles. The van der Waals surface area contributed by atoms with Crippen LogP contribution in [0.3, 0.4) is 0 Å². The Labute approximate surface area is 163 Å². The number of benzene rings is 2. The first-order chi connectivity index (χ1) is 11.1. The van der Waals surface area contributed by atoms with Gasteiger partial charge >= 0.3 is 0 Å². The first kappa shape index (κ1) is 19.7. The number of halogens is 1. The fourth-order valence-electron chi connectivity index (χ4n) is 3.22. The third kappa shape index (κ3) is 3.94. The lowest BCUT2D eigenvalue weighted by molar-refractivity contribution is 0.738. The molecule has 0 atom stereocenters. The quantitative estimate of drug-likeness (QED) is 0.397. The molecular formula is C21H29ISi2. The van der Waals surface area contributed by atoms with E-state index in [1.807, 2.05) is 0 Å². The van der Waals surface area contributed by atoms with Crippen molar-refractivity contribution < 1.29 is 0 Å². The first-order valence-corrected chi connectivity index (χ1v) is 15.2. The maximum absolute atomic E-state index is 2.70. The molecule has 0 N–H and O–H groups in total. The SMILES string of the molecule is CC(C)(C)[Si](/C=C(\I)[Si](C)(C)C)(c1ccccc1)c1ccccc1. The van der Waals surface area contributed by atoms with E-state index in [-0.39, 0.29) is 5.04 Å². The summed E-state index contributed by atoms with van der Waals surface area (Å²) in [6, 6.07) is 22.4. The Morgan fingerprint density at radius 2 is 1.17 bits per heavy atom. The lowest BCUT2D eigenvalue weighted by Gasteiger charge is -2.43. The van der Waals surface area contributed by atoms with E-state index in [1.54, 1.807) is 3.20 Å². The van der Waals surface area contributed by atoms with Crippen LogP contribution in [-0.4, -0.2) is 16.1 Å². The number of hydrogen-bond acceptors (Lipinski definition) is 0. The highest BCUT2D eigenvalue weighted by Crippen LogP contribution is 2.39. The van der Waals surface area contributed by atoms with Crippen LogP contribution in [0.5, 0.6) is 0 Å². The van der Waals surface area contributed by atoms with Gasteiger partial charge in [-0.2, -0.15) is 0 Å². The van der Waals surface area contributed by atoms with E-state index in [0.29, 0.717) is 0 Å². The minimum absolute atomic E-state index is 0.200. The molecule has 0 aromatic heterocycles. The Hall–Kier alpha value is -0.656. The standard InChI is InChI=1S/C21H29ISi2/c1-21(2,3)24(17-20(22)23(4,5)6,18-13-9-7-10-14-18)19-15-11-8-12-16-19/h7-17H,1-6H3/b20-17+. The summed E-state index contributed by atoms with van der Waals surface area (Å²) in [4.78, 5) is 0. The smallest absolute Gasteiger partial charge is 0.0803 e. The fraction of sp³-hybridized carbons (Fsp3) is 0.333. The third-order valence-electron chi connectivity index (χ3n) is 4.70. The van der Waals surface area contributed by atoms with E-state index < -0.39 is 16.1 Å². The Balaban J connectivity index is 2.86. The summed E-state index contributed by atoms with van der Waals surface area (Å²) in [7, 11) is -3.39. The minimum Gasteiger partial charge on any atom is -0.0803 e. The summed E-state index contributed by atoms with van der Waals surface area (Å²) >= 11 is 2.62. The van der Waals surface area contributed by atoms with Gasteiger partial charge < -0.3 is 0 Å². The molecule has 0 radical (unpaired) electrons. The average Bonchev–Trinajstić information content (AvgIpc) is 2.52. The molecule has 2 aromatic rings. The average molecular weight is 465 g/mol. The van der Waals surface area contributed by atoms with Crippen LogP contribution in [0.4, 0.5) is 0 Å². The summed E-state index contributed by atoms with van der Waals surface area (Å²) in [5.41, 5.74) is 2.70. The Morgan fingerprint density at radius 1 is 0.792 bits per heavy atom. The maximum atomic E-state index is 2.70. The largest absolute Gasteiger partial charge is 0.146 e. The van der Waals surface area contributed by atoms with Gasteiger partial charge in [0, 0.05) is 0 Å². The van der Waals surface area contributed by atoms with Crippen LogP contribution < -0.4 is 10.4 Å². The van der Waals surface area contributed by atoms with E-state index in [0.717, 1.165) is 0 Å². The van der Waals surface area contributed by atoms with Crippen LogP contribution in [0.15, 0.2) is 69.6 Å². The molecule has 0 aliphatic rings. The van der Waals surface area contributed by atoms with Crippen LogP contribution >= 0.6 is 22.6 Å². The molecule has 2 rings (SSSR count). The molecule has 0 heterocycles. The van der Waals surface area contributed by atoms with Gasteiger partial charge in [0.25, 0.3) is 0 Å². The molecule has 0 saturated heterocycles. The molecule has 0 fully saturated rings. The summed E-state index contributed by atoms with van der Waals surface area (Å²) < 4.78 is 1.59. The molecule has 0 nitrogen and oxygen atoms in total. The van der Waals surface area contributed by atoms with Gasteiger partial charge in [-0.05, 0) is 18.6 Å². The van der Waals surface area contributed by atoms with Crippen molar-refractivity contribution in [2.75, 3.05) is 0 Å². The zero-order valence-electron chi connectivity index (χ0n) is 15.7. The van der Waals surface area contributed by atoms with Crippen molar-refractivity contribution in [2.24, 2.45) is 0 Å². The predicted octanol–water partition coefficient (Wildman–Crippen LogP) is 5.79. The predicted molar refractivity (Wildman–Crippen MR) is 123 cm³/mol. The van der Waals surface area contributed by atoms with Gasteiger partial charge in [0.2, 0.25) is 0 Å². The zero-order chi connectivity index (χ0) is 18.0. The molecule has 0 saturated carbocycles. The van der Waals surface area contributed by atoms with Crippen molar-refractivity contribution >= 4 is 49.1 Å². The summed E-state index contributed by atoms with van der Waals surface area (Å²) in [6.07, 6.45) is 0. The fourth-order valence-corrected chi connectivity index (χ4v) is 11.7. The first-order valence-electron chi connectivity index (χ1n) is 8.59. The molecule has 0 bridgehead atoms. The van der Waals surface area contributed by atoms with Crippen molar-refractivity contribution in [3.63, 3.8) is 0 Å². The molecule has 128 valence electrons. The number of rotatable bonds is 4. The van der Waals surface area contributed by atoms with Gasteiger partial charge in [0.05, 0.1) is 8.07 Å². The summed E-state index contributed by atoms with van der Waals surface area (Å²) in [5, 5.41) is 3.22. The monoisotopic (exact) mass is 464 g/mol. The lowest BCUT2D eigenvalue weighted by Crippen LogP contribution is -2.63. The second kappa shape index (κ2) is 7.30. The zero-order valence-corrected chi connectivity index (χ0v) is 19.9. The van der Waals surface area contributed by atoms with E-state index >= 15 is 0 Å². The molecule has 3 heteroatoms. The highest BCUT2D eigenvalue weighted by Gasteiger charge is 2.46. The van der Waals surface area contributed by atoms with E-state index in [2.05, 4.69) is 129 Å². The molecule has 0 aliphatic heterocycles. The highest BCUT2D eigenvalue weighted by molar-refractivity contribution is 14.1. The van der Waals surface area contributed by atoms with Crippen LogP contribution in [0.25, 0.3) is 0 Å². The second-order valence-electron chi connectivity index (χ2n) is 8.53. The molecule has 24 heavy (non-hydrogen) atoms. The van der Waals surface area contributed by atoms with Gasteiger partial charge in [0.15, 0.2) is 0 Å². The van der Waals surface area contributed by atoms with Crippen LogP contribution in [-0.2, 0) is 0 Å². The summed E-state index contributed by atoms with van der Waals surface area (Å²) in [6.45, 7) is 14.6. The minimum atomic E-state index is -2.06. The Morgan fingerprint density at radius 3 is 1.46 bits per heavy atom. The van der Waals surface area contributed by atoms with E-state index in [9.17, 15) is 0 Å². The van der Waals surface area contributed by atoms with Crippen molar-refractivity contribution in [1.29, 1.82) is 0 Å². The lowest BCUT2D eigenvalue weighted by atomic mass is 10.2. The topological polar surface area (TPSA) is 0 Å². The number of hydrogen-bond donors (Lipinski definition) is 0. The highest BCUT2D eigenvalue weighted by atomic mass is 127. The normalized spacial score (nSPS) is 13.9. The maximum Gasteiger partial charge on any atom is 0.146 e. The van der Waals surface area contributed by atoms with Crippen LogP contribution in [0, 0.1) is 0 Å². The Kier molecular flexibility index (Phi) is 5.98. The molecule has 0 amide bonds. The van der Waals surface area contributed by atoms with E-state index in [1.165, 1.54) is 10.4 Å². The Bertz CT molecular complexity index is 653. The van der Waals surface area contributed by atoms with Crippen LogP contribution in [0.2, 0.25) is 24.7 Å². The van der Waals surface area contributed by atoms with Gasteiger partial charge in [-0.15, -0.1) is 0 Å². The molecule has 0 unspecified atom stereocenters. The van der Waals surface area contributed by atoms with Gasteiger partial charge in [-0.25, -0.2) is 0 Å². The van der Waals surface area contributed by atoms with Crippen LogP contribution in [0.1, 0.15) is 20.8 Å². The summed E-state index contributed by atoms with van der Waals surface area (Å²) in [5.74, 6) is 0. The van der Waals surface area contributed by atoms with Crippen molar-refractivity contribution in [2.45, 2.75) is 45.5 Å². The molecule has 0 aliphatic carbocycles. The second-order valence-corrected chi connectivity index (χ2v) is 20.3. The third-order valence-corrected chi connectivity index (χ3v) is 17.9. The van der Waals surface area contributed by atoms with Crippen molar-refractivity contribution in [1.82, 2.24) is 0 Å². The van der Waals surface area contributed by atoms with Gasteiger partial charge in [-0.1, -0.05) is 129 Å². The molecular weight excluding hydrogens is 435 g/mol. The van der Waals surface area contributed by atoms with E-state index in [4.69, 9.17) is 0 Å².